The van der Waals surface area contributed by atoms with E-state index >= 15 is 0 Å². The molecule has 0 amide bonds. The Bertz CT molecular complexity index is 401. The molecule has 0 saturated heterocycles. The minimum atomic E-state index is -2.80. The summed E-state index contributed by atoms with van der Waals surface area (Å²) in [6.07, 6.45) is -2.37. The topological polar surface area (TPSA) is 50.2 Å². The van der Waals surface area contributed by atoms with Crippen molar-refractivity contribution in [3.05, 3.63) is 28.0 Å². The number of aromatic nitrogens is 1. The van der Waals surface area contributed by atoms with Gasteiger partial charge < -0.3 is 5.11 Å². The summed E-state index contributed by atoms with van der Waals surface area (Å²) < 4.78 is 25.2. The largest absolute Gasteiger partial charge is 0.481 e. The lowest BCUT2D eigenvalue weighted by Gasteiger charge is -2.14. The van der Waals surface area contributed by atoms with Gasteiger partial charge in [-0.15, -0.1) is 0 Å². The Balaban J connectivity index is 3.01. The molecule has 0 radical (unpaired) electrons. The molecule has 0 aromatic carbocycles. The summed E-state index contributed by atoms with van der Waals surface area (Å²) in [5, 5.41) is 8.52. The van der Waals surface area contributed by atoms with Gasteiger partial charge in [-0.05, 0) is 11.6 Å². The van der Waals surface area contributed by atoms with Crippen molar-refractivity contribution < 1.29 is 18.7 Å². The van der Waals surface area contributed by atoms with Crippen LogP contribution in [0.5, 0.6) is 0 Å². The number of hydrogen-bond acceptors (Lipinski definition) is 2. The van der Waals surface area contributed by atoms with Crippen LogP contribution in [-0.4, -0.2) is 22.5 Å². The zero-order valence-corrected chi connectivity index (χ0v) is 9.34. The molecule has 0 saturated carbocycles. The minimum absolute atomic E-state index is 0.00578. The Hall–Kier alpha value is -0.940. The van der Waals surface area contributed by atoms with Crippen molar-refractivity contribution in [1.82, 2.24) is 4.98 Å². The Morgan fingerprint density at radius 3 is 2.56 bits per heavy atom. The average Bonchev–Trinajstić information content (AvgIpc) is 2.18. The number of rotatable bonds is 4. The number of carboxylic acid groups (broad SMARTS) is 1. The lowest BCUT2D eigenvalue weighted by atomic mass is 9.98. The molecule has 1 N–H and O–H groups in total. The van der Waals surface area contributed by atoms with Gasteiger partial charge in [-0.1, -0.05) is 23.2 Å². The van der Waals surface area contributed by atoms with Gasteiger partial charge >= 0.3 is 5.97 Å². The van der Waals surface area contributed by atoms with Gasteiger partial charge in [0.25, 0.3) is 0 Å². The minimum Gasteiger partial charge on any atom is -0.481 e. The maximum Gasteiger partial charge on any atom is 0.304 e. The molecule has 1 heterocycles. The van der Waals surface area contributed by atoms with E-state index < -0.39 is 24.7 Å². The van der Waals surface area contributed by atoms with E-state index in [-0.39, 0.29) is 15.7 Å². The highest BCUT2D eigenvalue weighted by Gasteiger charge is 2.26. The zero-order valence-electron chi connectivity index (χ0n) is 7.83. The zero-order chi connectivity index (χ0) is 12.3. The number of aliphatic carboxylic acids is 1. The predicted molar refractivity (Wildman–Crippen MR) is 55.3 cm³/mol. The van der Waals surface area contributed by atoms with Crippen molar-refractivity contribution in [2.24, 2.45) is 0 Å². The molecule has 16 heavy (non-hydrogen) atoms. The van der Waals surface area contributed by atoms with Gasteiger partial charge in [0.05, 0.1) is 17.4 Å². The maximum absolute atomic E-state index is 12.6. The van der Waals surface area contributed by atoms with E-state index in [9.17, 15) is 13.6 Å². The van der Waals surface area contributed by atoms with Gasteiger partial charge in [0.15, 0.2) is 0 Å². The third-order valence-electron chi connectivity index (χ3n) is 1.94. The number of carboxylic acids is 1. The van der Waals surface area contributed by atoms with E-state index in [0.717, 1.165) is 6.20 Å². The monoisotopic (exact) mass is 269 g/mol. The Labute approximate surface area is 100 Å². The van der Waals surface area contributed by atoms with Crippen LogP contribution in [0.1, 0.15) is 17.9 Å². The normalized spacial score (nSPS) is 12.8. The molecule has 0 aliphatic carbocycles. The van der Waals surface area contributed by atoms with Crippen LogP contribution in [0.3, 0.4) is 0 Å². The first kappa shape index (κ1) is 13.1. The molecule has 0 fully saturated rings. The highest BCUT2D eigenvalue weighted by atomic mass is 35.5. The second-order valence-corrected chi connectivity index (χ2v) is 3.85. The van der Waals surface area contributed by atoms with Gasteiger partial charge in [-0.2, -0.15) is 0 Å². The van der Waals surface area contributed by atoms with Crippen LogP contribution < -0.4 is 0 Å². The van der Waals surface area contributed by atoms with Crippen molar-refractivity contribution in [3.63, 3.8) is 0 Å². The second-order valence-electron chi connectivity index (χ2n) is 3.08. The summed E-state index contributed by atoms with van der Waals surface area (Å²) in [7, 11) is 0. The first-order valence-electron chi connectivity index (χ1n) is 4.22. The molecule has 1 aromatic rings. The molecule has 1 atom stereocenters. The molecule has 1 rings (SSSR count). The van der Waals surface area contributed by atoms with Crippen molar-refractivity contribution in [2.75, 3.05) is 0 Å². The van der Waals surface area contributed by atoms with Crippen LogP contribution >= 0.6 is 23.2 Å². The van der Waals surface area contributed by atoms with Crippen LogP contribution in [0.25, 0.3) is 0 Å². The Morgan fingerprint density at radius 1 is 1.50 bits per heavy atom. The van der Waals surface area contributed by atoms with Crippen molar-refractivity contribution in [2.45, 2.75) is 18.8 Å². The van der Waals surface area contributed by atoms with Gasteiger partial charge in [0.2, 0.25) is 6.43 Å². The van der Waals surface area contributed by atoms with Crippen LogP contribution in [0.4, 0.5) is 8.78 Å². The molecule has 1 aromatic heterocycles. The third-order valence-corrected chi connectivity index (χ3v) is 2.63. The van der Waals surface area contributed by atoms with Gasteiger partial charge in [-0.3, -0.25) is 4.79 Å². The standard InChI is InChI=1S/C9H7Cl2F2NO2/c10-6-1-4(3-14-8(6)11)5(9(12)13)2-7(15)16/h1,3,5,9H,2H2,(H,15,16). The molecule has 0 spiro atoms. The molecule has 88 valence electrons. The number of alkyl halides is 2. The van der Waals surface area contributed by atoms with Crippen LogP contribution in [0.2, 0.25) is 10.2 Å². The summed E-state index contributed by atoms with van der Waals surface area (Å²) >= 11 is 11.1. The first-order chi connectivity index (χ1) is 7.41. The average molecular weight is 270 g/mol. The lowest BCUT2D eigenvalue weighted by Crippen LogP contribution is -2.14. The van der Waals surface area contributed by atoms with Gasteiger partial charge in [0, 0.05) is 6.20 Å². The van der Waals surface area contributed by atoms with Crippen LogP contribution in [0.15, 0.2) is 12.3 Å². The van der Waals surface area contributed by atoms with E-state index in [1.807, 2.05) is 0 Å². The Kier molecular flexibility index (Phi) is 4.44. The fraction of sp³-hybridized carbons (Fsp3) is 0.333. The van der Waals surface area contributed by atoms with E-state index in [2.05, 4.69) is 4.98 Å². The smallest absolute Gasteiger partial charge is 0.304 e. The molecular weight excluding hydrogens is 263 g/mol. The predicted octanol–water partition coefficient (Wildman–Crippen LogP) is 3.21. The van der Waals surface area contributed by atoms with E-state index in [4.69, 9.17) is 28.3 Å². The number of halogens is 4. The summed E-state index contributed by atoms with van der Waals surface area (Å²) in [6, 6.07) is 1.21. The van der Waals surface area contributed by atoms with Crippen molar-refractivity contribution in [1.29, 1.82) is 0 Å². The summed E-state index contributed by atoms with van der Waals surface area (Å²) in [6.45, 7) is 0. The van der Waals surface area contributed by atoms with Gasteiger partial charge in [-0.25, -0.2) is 13.8 Å². The SMILES string of the molecule is O=C(O)CC(c1cnc(Cl)c(Cl)c1)C(F)F. The van der Waals surface area contributed by atoms with E-state index in [1.165, 1.54) is 6.07 Å². The molecule has 7 heteroatoms. The second kappa shape index (κ2) is 5.41. The van der Waals surface area contributed by atoms with Crippen molar-refractivity contribution >= 4 is 29.2 Å². The molecular formula is C9H7Cl2F2NO2. The number of nitrogens with zero attached hydrogens (tertiary/aromatic N) is 1. The highest BCUT2D eigenvalue weighted by molar-refractivity contribution is 6.41. The number of carbonyl (C=O) groups is 1. The van der Waals surface area contributed by atoms with Gasteiger partial charge in [0.1, 0.15) is 5.15 Å². The summed E-state index contributed by atoms with van der Waals surface area (Å²) in [5.41, 5.74) is 0.0619. The molecule has 0 aliphatic rings. The summed E-state index contributed by atoms with van der Waals surface area (Å²) in [5.74, 6) is -2.74. The van der Waals surface area contributed by atoms with Crippen LogP contribution in [-0.2, 0) is 4.79 Å². The lowest BCUT2D eigenvalue weighted by molar-refractivity contribution is -0.138. The molecule has 1 unspecified atom stereocenters. The quantitative estimate of drug-likeness (QED) is 0.854. The first-order valence-corrected chi connectivity index (χ1v) is 4.98. The fourth-order valence-electron chi connectivity index (χ4n) is 1.18. The third kappa shape index (κ3) is 3.28. The molecule has 0 aliphatic heterocycles. The fourth-order valence-corrected chi connectivity index (χ4v) is 1.46. The van der Waals surface area contributed by atoms with Crippen molar-refractivity contribution in [3.8, 4) is 0 Å². The number of pyridine rings is 1. The number of hydrogen-bond donors (Lipinski definition) is 1. The maximum atomic E-state index is 12.6. The van der Waals surface area contributed by atoms with Crippen LogP contribution in [0, 0.1) is 0 Å². The molecule has 0 bridgehead atoms. The van der Waals surface area contributed by atoms with E-state index in [0.29, 0.717) is 0 Å². The summed E-state index contributed by atoms with van der Waals surface area (Å²) in [4.78, 5) is 14.0. The molecule has 3 nitrogen and oxygen atoms in total. The Morgan fingerprint density at radius 2 is 2.12 bits per heavy atom. The van der Waals surface area contributed by atoms with E-state index in [1.54, 1.807) is 0 Å². The highest BCUT2D eigenvalue weighted by Crippen LogP contribution is 2.30.